The summed E-state index contributed by atoms with van der Waals surface area (Å²) in [5.41, 5.74) is 1.66. The highest BCUT2D eigenvalue weighted by molar-refractivity contribution is 5.94. The van der Waals surface area contributed by atoms with Gasteiger partial charge in [0.05, 0.1) is 12.0 Å². The zero-order valence-corrected chi connectivity index (χ0v) is 17.7. The second-order valence-electron chi connectivity index (χ2n) is 8.91. The lowest BCUT2D eigenvalue weighted by Crippen LogP contribution is -2.53. The number of rotatable bonds is 5. The standard InChI is InChI=1S/C23H33N3O3/c1-3-18-4-6-19(7-5-18)20(27)26-12-9-22(10-13-26)16-25(14-15-29-2)17-23(22)8-11-24-21(23)28/h4-7H,3,8-17H2,1-2H3,(H,24,28). The van der Waals surface area contributed by atoms with E-state index in [1.807, 2.05) is 29.2 Å². The monoisotopic (exact) mass is 399 g/mol. The molecule has 1 N–H and O–H groups in total. The zero-order chi connectivity index (χ0) is 20.5. The van der Waals surface area contributed by atoms with Crippen molar-refractivity contribution in [3.05, 3.63) is 35.4 Å². The molecule has 1 atom stereocenters. The smallest absolute Gasteiger partial charge is 0.253 e. The van der Waals surface area contributed by atoms with Gasteiger partial charge in [-0.1, -0.05) is 19.1 Å². The van der Waals surface area contributed by atoms with Crippen molar-refractivity contribution in [1.29, 1.82) is 0 Å². The van der Waals surface area contributed by atoms with E-state index < -0.39 is 0 Å². The maximum absolute atomic E-state index is 13.0. The van der Waals surface area contributed by atoms with Crippen LogP contribution in [-0.4, -0.2) is 74.6 Å². The van der Waals surface area contributed by atoms with Gasteiger partial charge in [-0.3, -0.25) is 14.5 Å². The number of benzene rings is 1. The Bertz CT molecular complexity index is 755. The van der Waals surface area contributed by atoms with Crippen LogP contribution in [-0.2, 0) is 16.0 Å². The second-order valence-corrected chi connectivity index (χ2v) is 8.91. The van der Waals surface area contributed by atoms with E-state index in [1.165, 1.54) is 5.56 Å². The van der Waals surface area contributed by atoms with E-state index in [1.54, 1.807) is 7.11 Å². The Morgan fingerprint density at radius 2 is 1.86 bits per heavy atom. The Labute approximate surface area is 173 Å². The molecule has 3 saturated heterocycles. The molecule has 0 aliphatic carbocycles. The zero-order valence-electron chi connectivity index (χ0n) is 17.7. The van der Waals surface area contributed by atoms with Crippen LogP contribution in [0.25, 0.3) is 0 Å². The number of hydrogen-bond acceptors (Lipinski definition) is 4. The minimum Gasteiger partial charge on any atom is -0.383 e. The average Bonchev–Trinajstić information content (AvgIpc) is 3.27. The molecule has 2 amide bonds. The second kappa shape index (κ2) is 8.07. The number of ether oxygens (including phenoxy) is 1. The van der Waals surface area contributed by atoms with Crippen LogP contribution in [0.15, 0.2) is 24.3 Å². The Morgan fingerprint density at radius 3 is 2.45 bits per heavy atom. The van der Waals surface area contributed by atoms with Crippen molar-refractivity contribution in [1.82, 2.24) is 15.1 Å². The molecule has 1 aromatic carbocycles. The Balaban J connectivity index is 1.48. The predicted molar refractivity (Wildman–Crippen MR) is 112 cm³/mol. The third kappa shape index (κ3) is 3.46. The summed E-state index contributed by atoms with van der Waals surface area (Å²) >= 11 is 0. The summed E-state index contributed by atoms with van der Waals surface area (Å²) in [6, 6.07) is 7.97. The number of hydrogen-bond donors (Lipinski definition) is 1. The van der Waals surface area contributed by atoms with Crippen LogP contribution in [0.4, 0.5) is 0 Å². The number of amides is 2. The van der Waals surface area contributed by atoms with Gasteiger partial charge in [0.1, 0.15) is 0 Å². The molecular weight excluding hydrogens is 366 g/mol. The number of nitrogens with zero attached hydrogens (tertiary/aromatic N) is 2. The van der Waals surface area contributed by atoms with Gasteiger partial charge in [-0.2, -0.15) is 0 Å². The van der Waals surface area contributed by atoms with Crippen LogP contribution < -0.4 is 5.32 Å². The van der Waals surface area contributed by atoms with Crippen LogP contribution in [0, 0.1) is 10.8 Å². The van der Waals surface area contributed by atoms with E-state index >= 15 is 0 Å². The summed E-state index contributed by atoms with van der Waals surface area (Å²) in [5.74, 6) is 0.328. The third-order valence-electron chi connectivity index (χ3n) is 7.54. The van der Waals surface area contributed by atoms with Gasteiger partial charge < -0.3 is 15.0 Å². The third-order valence-corrected chi connectivity index (χ3v) is 7.54. The van der Waals surface area contributed by atoms with E-state index in [0.29, 0.717) is 6.61 Å². The molecule has 3 aliphatic rings. The number of fused-ring (bicyclic) bond motifs is 1. The summed E-state index contributed by atoms with van der Waals surface area (Å²) in [7, 11) is 1.72. The molecular formula is C23H33N3O3. The average molecular weight is 400 g/mol. The summed E-state index contributed by atoms with van der Waals surface area (Å²) in [6.07, 6.45) is 3.66. The molecule has 0 radical (unpaired) electrons. The molecule has 2 spiro atoms. The van der Waals surface area contributed by atoms with E-state index in [9.17, 15) is 9.59 Å². The van der Waals surface area contributed by atoms with Crippen LogP contribution in [0.2, 0.25) is 0 Å². The largest absolute Gasteiger partial charge is 0.383 e. The molecule has 0 aromatic heterocycles. The minimum absolute atomic E-state index is 0.0375. The highest BCUT2D eigenvalue weighted by Crippen LogP contribution is 2.56. The van der Waals surface area contributed by atoms with Gasteiger partial charge in [0.25, 0.3) is 5.91 Å². The van der Waals surface area contributed by atoms with Crippen LogP contribution in [0.5, 0.6) is 0 Å². The lowest BCUT2D eigenvalue weighted by molar-refractivity contribution is -0.133. The van der Waals surface area contributed by atoms with E-state index in [0.717, 1.165) is 70.5 Å². The summed E-state index contributed by atoms with van der Waals surface area (Å²) < 4.78 is 5.28. The quantitative estimate of drug-likeness (QED) is 0.822. The molecule has 0 bridgehead atoms. The number of likely N-dealkylation sites (tertiary alicyclic amines) is 2. The van der Waals surface area contributed by atoms with E-state index in [-0.39, 0.29) is 22.6 Å². The van der Waals surface area contributed by atoms with Crippen molar-refractivity contribution >= 4 is 11.8 Å². The molecule has 29 heavy (non-hydrogen) atoms. The molecule has 4 rings (SSSR count). The number of nitrogens with one attached hydrogen (secondary N) is 1. The predicted octanol–water partition coefficient (Wildman–Crippen LogP) is 1.94. The van der Waals surface area contributed by atoms with Crippen molar-refractivity contribution in [2.75, 3.05) is 53.0 Å². The lowest BCUT2D eigenvalue weighted by Gasteiger charge is -2.46. The van der Waals surface area contributed by atoms with Gasteiger partial charge in [0.15, 0.2) is 0 Å². The van der Waals surface area contributed by atoms with Crippen molar-refractivity contribution in [2.45, 2.75) is 32.6 Å². The first kappa shape index (κ1) is 20.4. The summed E-state index contributed by atoms with van der Waals surface area (Å²) in [5, 5.41) is 3.09. The highest BCUT2D eigenvalue weighted by atomic mass is 16.5. The van der Waals surface area contributed by atoms with Crippen molar-refractivity contribution < 1.29 is 14.3 Å². The first-order chi connectivity index (χ1) is 14.0. The normalized spacial score (nSPS) is 26.4. The summed E-state index contributed by atoms with van der Waals surface area (Å²) in [4.78, 5) is 30.3. The SMILES string of the molecule is CCc1ccc(C(=O)N2CCC3(CC2)CN(CCOC)CC32CCNC2=O)cc1. The van der Waals surface area contributed by atoms with Gasteiger partial charge >= 0.3 is 0 Å². The minimum atomic E-state index is -0.307. The molecule has 6 nitrogen and oxygen atoms in total. The maximum atomic E-state index is 13.0. The molecule has 3 fully saturated rings. The topological polar surface area (TPSA) is 61.9 Å². The maximum Gasteiger partial charge on any atom is 0.253 e. The Hall–Kier alpha value is -1.92. The van der Waals surface area contributed by atoms with Crippen molar-refractivity contribution in [2.24, 2.45) is 10.8 Å². The van der Waals surface area contributed by atoms with Gasteiger partial charge in [0, 0.05) is 57.4 Å². The highest BCUT2D eigenvalue weighted by Gasteiger charge is 2.63. The molecule has 0 saturated carbocycles. The first-order valence-corrected chi connectivity index (χ1v) is 10.9. The lowest BCUT2D eigenvalue weighted by atomic mass is 9.60. The van der Waals surface area contributed by atoms with Gasteiger partial charge in [-0.25, -0.2) is 0 Å². The van der Waals surface area contributed by atoms with Crippen molar-refractivity contribution in [3.8, 4) is 0 Å². The van der Waals surface area contributed by atoms with Gasteiger partial charge in [-0.05, 0) is 43.4 Å². The molecule has 158 valence electrons. The fourth-order valence-electron chi connectivity index (χ4n) is 5.73. The van der Waals surface area contributed by atoms with Gasteiger partial charge in [0.2, 0.25) is 5.91 Å². The van der Waals surface area contributed by atoms with Gasteiger partial charge in [-0.15, -0.1) is 0 Å². The summed E-state index contributed by atoms with van der Waals surface area (Å²) in [6.45, 7) is 7.62. The molecule has 1 unspecified atom stereocenters. The van der Waals surface area contributed by atoms with Crippen LogP contribution >= 0.6 is 0 Å². The van der Waals surface area contributed by atoms with E-state index in [2.05, 4.69) is 17.1 Å². The molecule has 3 aliphatic heterocycles. The van der Waals surface area contributed by atoms with Crippen LogP contribution in [0.1, 0.15) is 42.1 Å². The number of carbonyl (C=O) groups excluding carboxylic acids is 2. The fourth-order valence-corrected chi connectivity index (χ4v) is 5.73. The fraction of sp³-hybridized carbons (Fsp3) is 0.652. The number of aryl methyl sites for hydroxylation is 1. The number of piperidine rings is 1. The van der Waals surface area contributed by atoms with Crippen molar-refractivity contribution in [3.63, 3.8) is 0 Å². The number of carbonyl (C=O) groups is 2. The van der Waals surface area contributed by atoms with Crippen LogP contribution in [0.3, 0.4) is 0 Å². The first-order valence-electron chi connectivity index (χ1n) is 10.9. The number of methoxy groups -OCH3 is 1. The molecule has 6 heteroatoms. The van der Waals surface area contributed by atoms with E-state index in [4.69, 9.17) is 4.74 Å². The molecule has 1 aromatic rings. The molecule has 3 heterocycles. The Morgan fingerprint density at radius 1 is 1.14 bits per heavy atom. The Kier molecular flexibility index (Phi) is 5.67.